The zero-order valence-corrected chi connectivity index (χ0v) is 12.4. The average Bonchev–Trinajstić information content (AvgIpc) is 2.47. The molecular formula is C18H20FNO. The van der Waals surface area contributed by atoms with Crippen molar-refractivity contribution in [1.82, 2.24) is 0 Å². The van der Waals surface area contributed by atoms with Crippen molar-refractivity contribution in [3.63, 3.8) is 0 Å². The van der Waals surface area contributed by atoms with Gasteiger partial charge in [-0.25, -0.2) is 4.39 Å². The number of hydrogen-bond acceptors (Lipinski definition) is 1. The first-order valence-electron chi connectivity index (χ1n) is 7.22. The predicted octanol–water partition coefficient (Wildman–Crippen LogP) is 4.52. The Morgan fingerprint density at radius 2 is 1.90 bits per heavy atom. The van der Waals surface area contributed by atoms with Gasteiger partial charge < -0.3 is 5.32 Å². The highest BCUT2D eigenvalue weighted by atomic mass is 19.1. The quantitative estimate of drug-likeness (QED) is 0.859. The Morgan fingerprint density at radius 1 is 1.19 bits per heavy atom. The average molecular weight is 285 g/mol. The van der Waals surface area contributed by atoms with E-state index in [0.717, 1.165) is 12.1 Å². The molecule has 0 aliphatic carbocycles. The summed E-state index contributed by atoms with van der Waals surface area (Å²) in [4.78, 5) is 11.9. The molecule has 2 rings (SSSR count). The first-order chi connectivity index (χ1) is 10.1. The number of hydrogen-bond donors (Lipinski definition) is 1. The Balaban J connectivity index is 1.96. The maximum atomic E-state index is 13.1. The summed E-state index contributed by atoms with van der Waals surface area (Å²) in [5.41, 5.74) is 2.70. The van der Waals surface area contributed by atoms with E-state index in [2.05, 4.69) is 19.2 Å². The highest BCUT2D eigenvalue weighted by Gasteiger charge is 2.06. The lowest BCUT2D eigenvalue weighted by atomic mass is 9.98. The summed E-state index contributed by atoms with van der Waals surface area (Å²) in [5.74, 6) is 0.0529. The predicted molar refractivity (Wildman–Crippen MR) is 83.9 cm³/mol. The minimum atomic E-state index is -0.321. The maximum absolute atomic E-state index is 13.1. The molecule has 1 N–H and O–H groups in total. The van der Waals surface area contributed by atoms with E-state index in [1.54, 1.807) is 12.1 Å². The molecule has 1 amide bonds. The fourth-order valence-corrected chi connectivity index (χ4v) is 2.17. The summed E-state index contributed by atoms with van der Waals surface area (Å²) in [6, 6.07) is 14.0. The number of anilines is 1. The highest BCUT2D eigenvalue weighted by molar-refractivity contribution is 5.92. The first-order valence-corrected chi connectivity index (χ1v) is 7.22. The molecule has 0 bridgehead atoms. The molecule has 2 nitrogen and oxygen atoms in total. The molecule has 0 radical (unpaired) electrons. The van der Waals surface area contributed by atoms with Crippen molar-refractivity contribution in [2.45, 2.75) is 32.6 Å². The fourth-order valence-electron chi connectivity index (χ4n) is 2.17. The highest BCUT2D eigenvalue weighted by Crippen LogP contribution is 2.20. The van der Waals surface area contributed by atoms with Crippen molar-refractivity contribution in [2.24, 2.45) is 0 Å². The van der Waals surface area contributed by atoms with Crippen molar-refractivity contribution in [3.05, 3.63) is 65.5 Å². The summed E-state index contributed by atoms with van der Waals surface area (Å²) in [6.45, 7) is 4.33. The number of nitrogens with one attached hydrogen (secondary N) is 1. The van der Waals surface area contributed by atoms with Crippen LogP contribution in [0, 0.1) is 5.82 Å². The van der Waals surface area contributed by atoms with E-state index >= 15 is 0 Å². The maximum Gasteiger partial charge on any atom is 0.228 e. The lowest BCUT2D eigenvalue weighted by molar-refractivity contribution is -0.115. The molecule has 0 saturated carbocycles. The molecular weight excluding hydrogens is 265 g/mol. The van der Waals surface area contributed by atoms with E-state index in [0.29, 0.717) is 11.5 Å². The second-order valence-corrected chi connectivity index (χ2v) is 5.29. The fraction of sp³-hybridized carbons (Fsp3) is 0.278. The SMILES string of the molecule is CCC(C)c1ccc(NC(=O)Cc2cccc(F)c2)cc1. The second kappa shape index (κ2) is 7.02. The molecule has 0 spiro atoms. The Kier molecular flexibility index (Phi) is 5.09. The van der Waals surface area contributed by atoms with Gasteiger partial charge in [-0.05, 0) is 47.7 Å². The van der Waals surface area contributed by atoms with Crippen LogP contribution in [0.4, 0.5) is 10.1 Å². The van der Waals surface area contributed by atoms with Crippen molar-refractivity contribution >= 4 is 11.6 Å². The van der Waals surface area contributed by atoms with E-state index in [4.69, 9.17) is 0 Å². The van der Waals surface area contributed by atoms with Gasteiger partial charge in [0.2, 0.25) is 5.91 Å². The molecule has 21 heavy (non-hydrogen) atoms. The molecule has 110 valence electrons. The number of carbonyl (C=O) groups excluding carboxylic acids is 1. The van der Waals surface area contributed by atoms with Gasteiger partial charge in [-0.1, -0.05) is 38.1 Å². The topological polar surface area (TPSA) is 29.1 Å². The standard InChI is InChI=1S/C18H20FNO/c1-3-13(2)15-7-9-17(10-8-15)20-18(21)12-14-5-4-6-16(19)11-14/h4-11,13H,3,12H2,1-2H3,(H,20,21). The monoisotopic (exact) mass is 285 g/mol. The molecule has 0 heterocycles. The summed E-state index contributed by atoms with van der Waals surface area (Å²) in [7, 11) is 0. The van der Waals surface area contributed by atoms with Crippen LogP contribution in [0.2, 0.25) is 0 Å². The molecule has 3 heteroatoms. The van der Waals surface area contributed by atoms with E-state index in [-0.39, 0.29) is 18.1 Å². The molecule has 0 fully saturated rings. The molecule has 0 aliphatic rings. The first kappa shape index (κ1) is 15.2. The second-order valence-electron chi connectivity index (χ2n) is 5.29. The Morgan fingerprint density at radius 3 is 2.52 bits per heavy atom. The van der Waals surface area contributed by atoms with Gasteiger partial charge in [0, 0.05) is 5.69 Å². The van der Waals surface area contributed by atoms with Crippen LogP contribution in [0.1, 0.15) is 37.3 Å². The van der Waals surface area contributed by atoms with Gasteiger partial charge in [-0.2, -0.15) is 0 Å². The number of rotatable bonds is 5. The van der Waals surface area contributed by atoms with Crippen LogP contribution in [0.5, 0.6) is 0 Å². The third-order valence-electron chi connectivity index (χ3n) is 3.63. The summed E-state index contributed by atoms with van der Waals surface area (Å²) in [6.07, 6.45) is 1.26. The smallest absolute Gasteiger partial charge is 0.228 e. The van der Waals surface area contributed by atoms with E-state index < -0.39 is 0 Å². The minimum Gasteiger partial charge on any atom is -0.326 e. The van der Waals surface area contributed by atoms with Crippen LogP contribution in [-0.2, 0) is 11.2 Å². The van der Waals surface area contributed by atoms with Crippen molar-refractivity contribution in [1.29, 1.82) is 0 Å². The van der Waals surface area contributed by atoms with Crippen LogP contribution in [-0.4, -0.2) is 5.91 Å². The molecule has 0 aromatic heterocycles. The molecule has 2 aromatic carbocycles. The number of carbonyl (C=O) groups is 1. The van der Waals surface area contributed by atoms with Crippen molar-refractivity contribution < 1.29 is 9.18 Å². The minimum absolute atomic E-state index is 0.142. The molecule has 1 unspecified atom stereocenters. The summed E-state index contributed by atoms with van der Waals surface area (Å²) < 4.78 is 13.1. The van der Waals surface area contributed by atoms with Crippen LogP contribution in [0.15, 0.2) is 48.5 Å². The van der Waals surface area contributed by atoms with Crippen LogP contribution >= 0.6 is 0 Å². The van der Waals surface area contributed by atoms with Gasteiger partial charge in [0.15, 0.2) is 0 Å². The largest absolute Gasteiger partial charge is 0.326 e. The van der Waals surface area contributed by atoms with Crippen molar-refractivity contribution in [3.8, 4) is 0 Å². The van der Waals surface area contributed by atoms with E-state index in [9.17, 15) is 9.18 Å². The van der Waals surface area contributed by atoms with Crippen LogP contribution < -0.4 is 5.32 Å². The van der Waals surface area contributed by atoms with Gasteiger partial charge in [0.1, 0.15) is 5.82 Å². The van der Waals surface area contributed by atoms with Gasteiger partial charge in [0.05, 0.1) is 6.42 Å². The Labute approximate surface area is 125 Å². The van der Waals surface area contributed by atoms with Gasteiger partial charge in [-0.3, -0.25) is 4.79 Å². The van der Waals surface area contributed by atoms with Gasteiger partial charge in [-0.15, -0.1) is 0 Å². The zero-order chi connectivity index (χ0) is 15.2. The Hall–Kier alpha value is -2.16. The molecule has 1 atom stereocenters. The third-order valence-corrected chi connectivity index (χ3v) is 3.63. The van der Waals surface area contributed by atoms with Crippen LogP contribution in [0.3, 0.4) is 0 Å². The lowest BCUT2D eigenvalue weighted by Crippen LogP contribution is -2.14. The van der Waals surface area contributed by atoms with E-state index in [1.807, 2.05) is 24.3 Å². The van der Waals surface area contributed by atoms with Gasteiger partial charge in [0.25, 0.3) is 0 Å². The third kappa shape index (κ3) is 4.42. The number of benzene rings is 2. The Bertz CT molecular complexity index is 607. The summed E-state index contributed by atoms with van der Waals surface area (Å²) in [5, 5.41) is 2.83. The molecule has 0 aliphatic heterocycles. The zero-order valence-electron chi connectivity index (χ0n) is 12.4. The molecule has 0 saturated heterocycles. The van der Waals surface area contributed by atoms with Gasteiger partial charge >= 0.3 is 0 Å². The van der Waals surface area contributed by atoms with E-state index in [1.165, 1.54) is 17.7 Å². The lowest BCUT2D eigenvalue weighted by Gasteiger charge is -2.10. The normalized spacial score (nSPS) is 12.0. The summed E-state index contributed by atoms with van der Waals surface area (Å²) >= 11 is 0. The number of amides is 1. The number of halogens is 1. The van der Waals surface area contributed by atoms with Crippen molar-refractivity contribution in [2.75, 3.05) is 5.32 Å². The van der Waals surface area contributed by atoms with Crippen LogP contribution in [0.25, 0.3) is 0 Å². The molecule has 2 aromatic rings.